The molecule has 136 valence electrons. The number of pyridine rings is 1. The number of aromatic nitrogens is 1. The lowest BCUT2D eigenvalue weighted by molar-refractivity contribution is -0.115. The molecule has 0 spiro atoms. The Morgan fingerprint density at radius 3 is 2.30 bits per heavy atom. The van der Waals surface area contributed by atoms with Crippen molar-refractivity contribution in [2.75, 3.05) is 5.32 Å². The predicted molar refractivity (Wildman–Crippen MR) is 105 cm³/mol. The summed E-state index contributed by atoms with van der Waals surface area (Å²) in [6.07, 6.45) is 3.49. The minimum atomic E-state index is -0.168. The summed E-state index contributed by atoms with van der Waals surface area (Å²) in [6.45, 7) is 2.43. The van der Waals surface area contributed by atoms with Gasteiger partial charge in [0, 0.05) is 24.6 Å². The third kappa shape index (κ3) is 5.51. The fourth-order valence-electron chi connectivity index (χ4n) is 2.58. The van der Waals surface area contributed by atoms with Gasteiger partial charge in [0.25, 0.3) is 5.91 Å². The number of nitrogens with zero attached hydrogens (tertiary/aromatic N) is 1. The van der Waals surface area contributed by atoms with E-state index in [4.69, 9.17) is 0 Å². The summed E-state index contributed by atoms with van der Waals surface area (Å²) in [6, 6.07) is 18.8. The second-order valence-corrected chi connectivity index (χ2v) is 6.33. The lowest BCUT2D eigenvalue weighted by Gasteiger charge is -2.08. The van der Waals surface area contributed by atoms with Gasteiger partial charge in [-0.05, 0) is 42.3 Å². The molecule has 2 aromatic carbocycles. The van der Waals surface area contributed by atoms with E-state index in [1.807, 2.05) is 55.5 Å². The Morgan fingerprint density at radius 2 is 1.63 bits per heavy atom. The largest absolute Gasteiger partial charge is 0.348 e. The topological polar surface area (TPSA) is 71.1 Å². The first kappa shape index (κ1) is 18.3. The first-order valence-electron chi connectivity index (χ1n) is 8.73. The monoisotopic (exact) mass is 359 g/mol. The number of hydrogen-bond acceptors (Lipinski definition) is 3. The molecule has 0 radical (unpaired) electrons. The van der Waals surface area contributed by atoms with Gasteiger partial charge >= 0.3 is 0 Å². The van der Waals surface area contributed by atoms with Gasteiger partial charge in [-0.3, -0.25) is 14.6 Å². The van der Waals surface area contributed by atoms with Gasteiger partial charge in [0.1, 0.15) is 0 Å². The molecule has 0 atom stereocenters. The number of carbonyl (C=O) groups is 2. The predicted octanol–water partition coefficient (Wildman–Crippen LogP) is 3.50. The lowest BCUT2D eigenvalue weighted by atomic mass is 10.1. The molecular formula is C22H21N3O2. The molecule has 5 heteroatoms. The lowest BCUT2D eigenvalue weighted by Crippen LogP contribution is -2.22. The van der Waals surface area contributed by atoms with Gasteiger partial charge in [0.2, 0.25) is 5.91 Å². The Bertz CT molecular complexity index is 905. The Balaban J connectivity index is 1.50. The second kappa shape index (κ2) is 8.76. The van der Waals surface area contributed by atoms with Crippen LogP contribution < -0.4 is 10.6 Å². The highest BCUT2D eigenvalue weighted by Crippen LogP contribution is 2.11. The summed E-state index contributed by atoms with van der Waals surface area (Å²) in [5.74, 6) is -0.227. The Morgan fingerprint density at radius 1 is 0.926 bits per heavy atom. The second-order valence-electron chi connectivity index (χ2n) is 6.33. The van der Waals surface area contributed by atoms with Crippen LogP contribution in [0, 0.1) is 6.92 Å². The van der Waals surface area contributed by atoms with Gasteiger partial charge in [-0.1, -0.05) is 42.0 Å². The van der Waals surface area contributed by atoms with Crippen molar-refractivity contribution in [3.63, 3.8) is 0 Å². The van der Waals surface area contributed by atoms with Crippen molar-refractivity contribution >= 4 is 17.5 Å². The van der Waals surface area contributed by atoms with E-state index < -0.39 is 0 Å². The van der Waals surface area contributed by atoms with Crippen molar-refractivity contribution in [1.29, 1.82) is 0 Å². The van der Waals surface area contributed by atoms with Crippen LogP contribution >= 0.6 is 0 Å². The third-order valence-corrected chi connectivity index (χ3v) is 4.10. The van der Waals surface area contributed by atoms with Gasteiger partial charge in [0.15, 0.2) is 0 Å². The van der Waals surface area contributed by atoms with Gasteiger partial charge in [0.05, 0.1) is 12.0 Å². The standard InChI is InChI=1S/C22H21N3O2/c1-16-4-6-17(7-5-16)13-21(26)25-20-10-8-18(9-11-20)14-24-22(27)19-3-2-12-23-15-19/h2-12,15H,13-14H2,1H3,(H,24,27)(H,25,26). The molecule has 0 aliphatic rings. The Hall–Kier alpha value is -3.47. The third-order valence-electron chi connectivity index (χ3n) is 4.10. The van der Waals surface area contributed by atoms with Crippen LogP contribution in [0.2, 0.25) is 0 Å². The average molecular weight is 359 g/mol. The summed E-state index contributed by atoms with van der Waals surface area (Å²) in [4.78, 5) is 28.1. The van der Waals surface area contributed by atoms with Gasteiger partial charge in [-0.15, -0.1) is 0 Å². The van der Waals surface area contributed by atoms with Gasteiger partial charge < -0.3 is 10.6 Å². The van der Waals surface area contributed by atoms with E-state index in [1.54, 1.807) is 18.3 Å². The zero-order valence-corrected chi connectivity index (χ0v) is 15.1. The van der Waals surface area contributed by atoms with Crippen molar-refractivity contribution in [1.82, 2.24) is 10.3 Å². The number of aryl methyl sites for hydroxylation is 1. The molecule has 3 aromatic rings. The van der Waals surface area contributed by atoms with E-state index in [0.717, 1.165) is 16.8 Å². The van der Waals surface area contributed by atoms with Crippen LogP contribution in [0.25, 0.3) is 0 Å². The molecule has 3 rings (SSSR count). The zero-order valence-electron chi connectivity index (χ0n) is 15.1. The number of nitrogens with one attached hydrogen (secondary N) is 2. The number of anilines is 1. The van der Waals surface area contributed by atoms with Crippen molar-refractivity contribution in [3.05, 3.63) is 95.3 Å². The number of hydrogen-bond donors (Lipinski definition) is 2. The van der Waals surface area contributed by atoms with Crippen molar-refractivity contribution in [2.24, 2.45) is 0 Å². The van der Waals surface area contributed by atoms with Crippen LogP contribution in [0.3, 0.4) is 0 Å². The molecule has 0 saturated heterocycles. The van der Waals surface area contributed by atoms with Crippen molar-refractivity contribution in [2.45, 2.75) is 19.9 Å². The molecule has 5 nitrogen and oxygen atoms in total. The highest BCUT2D eigenvalue weighted by Gasteiger charge is 2.06. The fourth-order valence-corrected chi connectivity index (χ4v) is 2.58. The van der Waals surface area contributed by atoms with Crippen LogP contribution in [0.5, 0.6) is 0 Å². The summed E-state index contributed by atoms with van der Waals surface area (Å²) in [7, 11) is 0. The van der Waals surface area contributed by atoms with Gasteiger partial charge in [-0.2, -0.15) is 0 Å². The fraction of sp³-hybridized carbons (Fsp3) is 0.136. The zero-order chi connectivity index (χ0) is 19.1. The minimum absolute atomic E-state index is 0.0588. The number of rotatable bonds is 6. The highest BCUT2D eigenvalue weighted by atomic mass is 16.2. The first-order valence-corrected chi connectivity index (χ1v) is 8.73. The molecule has 0 saturated carbocycles. The van der Waals surface area contributed by atoms with E-state index in [0.29, 0.717) is 18.5 Å². The maximum Gasteiger partial charge on any atom is 0.253 e. The van der Waals surface area contributed by atoms with E-state index in [1.165, 1.54) is 11.8 Å². The highest BCUT2D eigenvalue weighted by molar-refractivity contribution is 5.94. The molecule has 2 amide bonds. The molecule has 0 bridgehead atoms. The first-order chi connectivity index (χ1) is 13.1. The molecule has 1 heterocycles. The van der Waals surface area contributed by atoms with Crippen LogP contribution in [-0.2, 0) is 17.8 Å². The quantitative estimate of drug-likeness (QED) is 0.708. The maximum atomic E-state index is 12.1. The maximum absolute atomic E-state index is 12.1. The number of benzene rings is 2. The minimum Gasteiger partial charge on any atom is -0.348 e. The van der Waals surface area contributed by atoms with E-state index in [-0.39, 0.29) is 11.8 Å². The summed E-state index contributed by atoms with van der Waals surface area (Å²) >= 11 is 0. The Kier molecular flexibility index (Phi) is 5.94. The molecule has 2 N–H and O–H groups in total. The van der Waals surface area contributed by atoms with Crippen LogP contribution in [0.15, 0.2) is 73.1 Å². The van der Waals surface area contributed by atoms with Crippen molar-refractivity contribution in [3.8, 4) is 0 Å². The normalized spacial score (nSPS) is 10.3. The molecule has 27 heavy (non-hydrogen) atoms. The summed E-state index contributed by atoms with van der Waals surface area (Å²) in [5.41, 5.74) is 4.36. The molecule has 0 aliphatic carbocycles. The molecular weight excluding hydrogens is 338 g/mol. The van der Waals surface area contributed by atoms with E-state index in [9.17, 15) is 9.59 Å². The van der Waals surface area contributed by atoms with Crippen LogP contribution in [0.4, 0.5) is 5.69 Å². The van der Waals surface area contributed by atoms with Crippen LogP contribution in [0.1, 0.15) is 27.0 Å². The van der Waals surface area contributed by atoms with E-state index >= 15 is 0 Å². The smallest absolute Gasteiger partial charge is 0.253 e. The average Bonchev–Trinajstić information content (AvgIpc) is 2.69. The number of carbonyl (C=O) groups excluding carboxylic acids is 2. The van der Waals surface area contributed by atoms with Crippen LogP contribution in [-0.4, -0.2) is 16.8 Å². The van der Waals surface area contributed by atoms with Gasteiger partial charge in [-0.25, -0.2) is 0 Å². The molecule has 0 fully saturated rings. The Labute approximate surface area is 158 Å². The van der Waals surface area contributed by atoms with E-state index in [2.05, 4.69) is 15.6 Å². The summed E-state index contributed by atoms with van der Waals surface area (Å²) < 4.78 is 0. The molecule has 0 unspecified atom stereocenters. The molecule has 0 aliphatic heterocycles. The molecule has 1 aromatic heterocycles. The number of amides is 2. The van der Waals surface area contributed by atoms with Crippen molar-refractivity contribution < 1.29 is 9.59 Å². The SMILES string of the molecule is Cc1ccc(CC(=O)Nc2ccc(CNC(=O)c3cccnc3)cc2)cc1. The summed E-state index contributed by atoms with van der Waals surface area (Å²) in [5, 5.41) is 5.73.